The van der Waals surface area contributed by atoms with Crippen LogP contribution in [0.5, 0.6) is 5.75 Å². The van der Waals surface area contributed by atoms with E-state index in [0.29, 0.717) is 10.8 Å². The number of carbonyl (C=O) groups is 1. The normalized spacial score (nSPS) is 12.2. The monoisotopic (exact) mass is 451 g/mol. The molecule has 3 aromatic rings. The van der Waals surface area contributed by atoms with Crippen molar-refractivity contribution >= 4 is 34.6 Å². The second-order valence-corrected chi connectivity index (χ2v) is 8.91. The third-order valence-electron chi connectivity index (χ3n) is 4.80. The fourth-order valence-electron chi connectivity index (χ4n) is 3.11. The number of nitrogens with zero attached hydrogens (tertiary/aromatic N) is 2. The molecule has 1 atom stereocenters. The summed E-state index contributed by atoms with van der Waals surface area (Å²) >= 11 is 5.97. The average molecular weight is 452 g/mol. The Morgan fingerprint density at radius 3 is 2.41 bits per heavy atom. The van der Waals surface area contributed by atoms with E-state index in [-0.39, 0.29) is 47.2 Å². The number of amides is 1. The van der Waals surface area contributed by atoms with Crippen molar-refractivity contribution < 1.29 is 33.2 Å². The number of hydrogen-bond acceptors (Lipinski definition) is 6. The minimum atomic E-state index is -0.781. The number of furan rings is 1. The van der Waals surface area contributed by atoms with Gasteiger partial charge in [0.15, 0.2) is 0 Å². The maximum absolute atomic E-state index is 12.3. The molecule has 10 heteroatoms. The van der Waals surface area contributed by atoms with Gasteiger partial charge in [-0.1, -0.05) is 55.9 Å². The summed E-state index contributed by atoms with van der Waals surface area (Å²) in [7, 11) is 3.11. The molecule has 0 aliphatic heterocycles. The van der Waals surface area contributed by atoms with Gasteiger partial charge in [0.25, 0.3) is 5.91 Å². The zero-order valence-electron chi connectivity index (χ0n) is 18.8. The van der Waals surface area contributed by atoms with Gasteiger partial charge in [-0.05, 0) is 11.5 Å². The molecule has 32 heavy (non-hydrogen) atoms. The molecule has 164 valence electrons. The van der Waals surface area contributed by atoms with Gasteiger partial charge in [0.2, 0.25) is 10.9 Å². The standard InChI is InChI=1S/C22H24ClN3O5.Li/c1-22(2,3)20(14-9-11(23)10-31-14)25-16-15(18(28)19(16)29)24-13-8-6-7-12(17(13)27)21(30)26(4)5;/h6-10,20H,1-5H3,(H3,24,25,27,28,29,30);/q;+1/p-1/t20-;/m0./s1. The molecular formula is C22H23ClLiN3O5. The first kappa shape index (κ1) is 25.6. The number of phenols is 1. The fourth-order valence-corrected chi connectivity index (χ4v) is 3.27. The molecule has 0 saturated heterocycles. The average Bonchev–Trinajstić information content (AvgIpc) is 3.12. The van der Waals surface area contributed by atoms with Crippen LogP contribution in [0.25, 0.3) is 5.32 Å². The molecule has 0 unspecified atom stereocenters. The summed E-state index contributed by atoms with van der Waals surface area (Å²) in [4.78, 5) is 38.1. The number of anilines is 1. The SMILES string of the molecule is CN(C)C(=O)c1cccc([N-]c2c(N[C@@H](c3cc(Cl)co3)C(C)(C)C)c(=O)c2=O)c1O.[Li+]. The summed E-state index contributed by atoms with van der Waals surface area (Å²) in [5.74, 6) is -0.288. The second kappa shape index (κ2) is 9.45. The predicted octanol–water partition coefficient (Wildman–Crippen LogP) is 1.48. The van der Waals surface area contributed by atoms with Crippen molar-refractivity contribution in [3.05, 3.63) is 72.6 Å². The molecular weight excluding hydrogens is 429 g/mol. The van der Waals surface area contributed by atoms with E-state index < -0.39 is 28.2 Å². The van der Waals surface area contributed by atoms with Crippen molar-refractivity contribution in [3.63, 3.8) is 0 Å². The molecule has 0 radical (unpaired) electrons. The molecule has 8 nitrogen and oxygen atoms in total. The third kappa shape index (κ3) is 4.88. The van der Waals surface area contributed by atoms with Crippen LogP contribution in [0.15, 0.2) is 44.5 Å². The number of phenolic OH excluding ortho intramolecular Hbond substituents is 1. The molecule has 0 aliphatic carbocycles. The summed E-state index contributed by atoms with van der Waals surface area (Å²) in [6.45, 7) is 5.81. The molecule has 1 amide bonds. The third-order valence-corrected chi connectivity index (χ3v) is 4.99. The molecule has 0 spiro atoms. The number of hydrogen-bond donors (Lipinski definition) is 2. The Labute approximate surface area is 202 Å². The zero-order chi connectivity index (χ0) is 23.1. The summed E-state index contributed by atoms with van der Waals surface area (Å²) in [6, 6.07) is 5.60. The minimum absolute atomic E-state index is 0. The molecule has 1 heterocycles. The van der Waals surface area contributed by atoms with Crippen LogP contribution in [-0.2, 0) is 0 Å². The molecule has 0 bridgehead atoms. The van der Waals surface area contributed by atoms with E-state index in [9.17, 15) is 19.5 Å². The van der Waals surface area contributed by atoms with Crippen LogP contribution in [-0.4, -0.2) is 30.0 Å². The van der Waals surface area contributed by atoms with Crippen LogP contribution >= 0.6 is 11.6 Å². The summed E-state index contributed by atoms with van der Waals surface area (Å²) in [5, 5.41) is 18.1. The van der Waals surface area contributed by atoms with Gasteiger partial charge in [0.1, 0.15) is 17.8 Å². The Balaban J connectivity index is 0.00000363. The topological polar surface area (TPSA) is 114 Å². The number of rotatable bonds is 6. The van der Waals surface area contributed by atoms with Gasteiger partial charge in [0.05, 0.1) is 22.3 Å². The van der Waals surface area contributed by atoms with Crippen molar-refractivity contribution in [1.82, 2.24) is 4.90 Å². The van der Waals surface area contributed by atoms with Crippen LogP contribution in [0.2, 0.25) is 5.02 Å². The van der Waals surface area contributed by atoms with Gasteiger partial charge in [-0.25, -0.2) is 0 Å². The van der Waals surface area contributed by atoms with Crippen LogP contribution in [0.4, 0.5) is 17.1 Å². The van der Waals surface area contributed by atoms with Crippen molar-refractivity contribution in [3.8, 4) is 5.75 Å². The van der Waals surface area contributed by atoms with Gasteiger partial charge in [-0.3, -0.25) is 14.4 Å². The number of nitrogens with one attached hydrogen (secondary N) is 1. The Morgan fingerprint density at radius 2 is 1.88 bits per heavy atom. The number of aromatic hydroxyl groups is 1. The van der Waals surface area contributed by atoms with E-state index in [0.717, 1.165) is 0 Å². The van der Waals surface area contributed by atoms with Crippen LogP contribution in [0.3, 0.4) is 0 Å². The van der Waals surface area contributed by atoms with Gasteiger partial charge in [-0.2, -0.15) is 0 Å². The molecule has 0 saturated carbocycles. The largest absolute Gasteiger partial charge is 1.00 e. The van der Waals surface area contributed by atoms with Gasteiger partial charge in [0, 0.05) is 20.2 Å². The number of benzene rings is 1. The van der Waals surface area contributed by atoms with Crippen molar-refractivity contribution in [2.75, 3.05) is 19.4 Å². The molecule has 1 aromatic heterocycles. The first-order valence-corrected chi connectivity index (χ1v) is 9.88. The summed E-state index contributed by atoms with van der Waals surface area (Å²) in [5.41, 5.74) is -1.96. The number of para-hydroxylation sites is 1. The fraction of sp³-hybridized carbons (Fsp3) is 0.318. The maximum Gasteiger partial charge on any atom is 1.00 e. The van der Waals surface area contributed by atoms with Gasteiger partial charge < -0.3 is 25.1 Å². The van der Waals surface area contributed by atoms with E-state index in [2.05, 4.69) is 10.6 Å². The summed E-state index contributed by atoms with van der Waals surface area (Å²) < 4.78 is 5.50. The van der Waals surface area contributed by atoms with Gasteiger partial charge >= 0.3 is 18.9 Å². The molecule has 2 aromatic carbocycles. The van der Waals surface area contributed by atoms with E-state index in [1.807, 2.05) is 20.8 Å². The molecule has 0 fully saturated rings. The second-order valence-electron chi connectivity index (χ2n) is 8.48. The van der Waals surface area contributed by atoms with E-state index in [1.54, 1.807) is 20.2 Å². The Kier molecular flexibility index (Phi) is 7.56. The molecule has 0 aliphatic rings. The van der Waals surface area contributed by atoms with Gasteiger partial charge in [-0.15, -0.1) is 0 Å². The van der Waals surface area contributed by atoms with E-state index in [1.165, 1.54) is 29.4 Å². The zero-order valence-corrected chi connectivity index (χ0v) is 19.6. The number of halogens is 1. The minimum Gasteiger partial charge on any atom is -0.650 e. The van der Waals surface area contributed by atoms with Crippen molar-refractivity contribution in [2.24, 2.45) is 5.41 Å². The first-order chi connectivity index (χ1) is 14.4. The predicted molar refractivity (Wildman–Crippen MR) is 120 cm³/mol. The van der Waals surface area contributed by atoms with Crippen LogP contribution in [0, 0.1) is 5.41 Å². The van der Waals surface area contributed by atoms with Crippen LogP contribution in [0.1, 0.15) is 42.9 Å². The number of carbonyl (C=O) groups excluding carboxylic acids is 1. The molecule has 2 N–H and O–H groups in total. The van der Waals surface area contributed by atoms with Crippen molar-refractivity contribution in [2.45, 2.75) is 26.8 Å². The molecule has 3 rings (SSSR count). The Hall–Kier alpha value is -2.66. The summed E-state index contributed by atoms with van der Waals surface area (Å²) in [6.07, 6.45) is 1.38. The smallest absolute Gasteiger partial charge is 0.650 e. The van der Waals surface area contributed by atoms with Crippen LogP contribution < -0.4 is 35.0 Å². The maximum atomic E-state index is 12.3. The van der Waals surface area contributed by atoms with Crippen molar-refractivity contribution in [1.29, 1.82) is 0 Å². The van der Waals surface area contributed by atoms with E-state index >= 15 is 0 Å². The quantitative estimate of drug-likeness (QED) is 0.433. The first-order valence-electron chi connectivity index (χ1n) is 9.51. The Morgan fingerprint density at radius 1 is 1.22 bits per heavy atom. The van der Waals surface area contributed by atoms with E-state index in [4.69, 9.17) is 16.0 Å². The Bertz CT molecular complexity index is 1210.